The van der Waals surface area contributed by atoms with Gasteiger partial charge in [-0.3, -0.25) is 4.79 Å². The SMILES string of the molecule is CS(=O)(=O)N1CC(=O)Nc2ccccc2C1. The summed E-state index contributed by atoms with van der Waals surface area (Å²) in [6.07, 6.45) is 1.11. The molecule has 0 aliphatic carbocycles. The summed E-state index contributed by atoms with van der Waals surface area (Å²) in [7, 11) is -3.35. The normalized spacial score (nSPS) is 17.4. The van der Waals surface area contributed by atoms with Crippen LogP contribution in [0, 0.1) is 0 Å². The van der Waals surface area contributed by atoms with E-state index in [0.29, 0.717) is 5.69 Å². The maximum Gasteiger partial charge on any atom is 0.239 e. The number of anilines is 1. The molecule has 0 radical (unpaired) electrons. The monoisotopic (exact) mass is 240 g/mol. The largest absolute Gasteiger partial charge is 0.325 e. The number of fused-ring (bicyclic) bond motifs is 1. The number of nitrogens with one attached hydrogen (secondary N) is 1. The third-order valence-corrected chi connectivity index (χ3v) is 3.62. The molecule has 0 fully saturated rings. The van der Waals surface area contributed by atoms with Crippen LogP contribution in [0.15, 0.2) is 24.3 Å². The molecule has 6 heteroatoms. The van der Waals surface area contributed by atoms with E-state index in [1.165, 1.54) is 0 Å². The standard InChI is InChI=1S/C10H12N2O3S/c1-16(14,15)12-6-8-4-2-3-5-9(8)11-10(13)7-12/h2-5H,6-7H2,1H3,(H,11,13). The van der Waals surface area contributed by atoms with Crippen molar-refractivity contribution in [1.82, 2.24) is 4.31 Å². The zero-order valence-electron chi connectivity index (χ0n) is 8.80. The van der Waals surface area contributed by atoms with Crippen molar-refractivity contribution >= 4 is 21.6 Å². The number of rotatable bonds is 1. The highest BCUT2D eigenvalue weighted by molar-refractivity contribution is 7.88. The number of amides is 1. The maximum absolute atomic E-state index is 11.5. The lowest BCUT2D eigenvalue weighted by atomic mass is 10.2. The molecule has 2 rings (SSSR count). The first-order valence-corrected chi connectivity index (χ1v) is 6.64. The lowest BCUT2D eigenvalue weighted by Gasteiger charge is -2.15. The zero-order chi connectivity index (χ0) is 11.8. The molecular weight excluding hydrogens is 228 g/mol. The molecule has 0 saturated carbocycles. The number of benzene rings is 1. The van der Waals surface area contributed by atoms with E-state index in [1.807, 2.05) is 6.07 Å². The molecule has 0 bridgehead atoms. The van der Waals surface area contributed by atoms with E-state index in [9.17, 15) is 13.2 Å². The quantitative estimate of drug-likeness (QED) is 0.772. The van der Waals surface area contributed by atoms with E-state index < -0.39 is 10.0 Å². The summed E-state index contributed by atoms with van der Waals surface area (Å²) in [6.45, 7) is 0.0985. The van der Waals surface area contributed by atoms with Gasteiger partial charge in [-0.25, -0.2) is 8.42 Å². The Morgan fingerprint density at radius 1 is 1.25 bits per heavy atom. The van der Waals surface area contributed by atoms with E-state index >= 15 is 0 Å². The first-order chi connectivity index (χ1) is 7.47. The second kappa shape index (κ2) is 3.88. The van der Waals surface area contributed by atoms with Crippen LogP contribution in [0.5, 0.6) is 0 Å². The van der Waals surface area contributed by atoms with Crippen molar-refractivity contribution in [3.8, 4) is 0 Å². The Morgan fingerprint density at radius 2 is 1.94 bits per heavy atom. The van der Waals surface area contributed by atoms with Crippen molar-refractivity contribution < 1.29 is 13.2 Å². The molecular formula is C10H12N2O3S. The molecule has 1 N–H and O–H groups in total. The van der Waals surface area contributed by atoms with Gasteiger partial charge in [0, 0.05) is 12.2 Å². The van der Waals surface area contributed by atoms with Crippen molar-refractivity contribution in [2.24, 2.45) is 0 Å². The van der Waals surface area contributed by atoms with Gasteiger partial charge >= 0.3 is 0 Å². The van der Waals surface area contributed by atoms with Gasteiger partial charge in [0.2, 0.25) is 15.9 Å². The summed E-state index contributed by atoms with van der Waals surface area (Å²) in [4.78, 5) is 11.5. The fraction of sp³-hybridized carbons (Fsp3) is 0.300. The number of para-hydroxylation sites is 1. The Kier molecular flexibility index (Phi) is 2.69. The second-order valence-corrected chi connectivity index (χ2v) is 5.72. The Hall–Kier alpha value is -1.40. The molecule has 0 aromatic heterocycles. The molecule has 0 unspecified atom stereocenters. The van der Waals surface area contributed by atoms with Crippen molar-refractivity contribution in [2.45, 2.75) is 6.54 Å². The third kappa shape index (κ3) is 2.23. The van der Waals surface area contributed by atoms with Gasteiger partial charge in [-0.15, -0.1) is 0 Å². The molecule has 1 aliphatic rings. The number of hydrogen-bond donors (Lipinski definition) is 1. The van der Waals surface area contributed by atoms with Crippen LogP contribution in [-0.4, -0.2) is 31.4 Å². The lowest BCUT2D eigenvalue weighted by molar-refractivity contribution is -0.116. The number of nitrogens with zero attached hydrogens (tertiary/aromatic N) is 1. The topological polar surface area (TPSA) is 66.5 Å². The summed E-state index contributed by atoms with van der Waals surface area (Å²) in [5.41, 5.74) is 1.48. The van der Waals surface area contributed by atoms with Gasteiger partial charge in [-0.1, -0.05) is 18.2 Å². The van der Waals surface area contributed by atoms with E-state index in [1.54, 1.807) is 18.2 Å². The van der Waals surface area contributed by atoms with Crippen LogP contribution in [0.4, 0.5) is 5.69 Å². The smallest absolute Gasteiger partial charge is 0.239 e. The summed E-state index contributed by atoms with van der Waals surface area (Å²) in [5, 5.41) is 2.68. The maximum atomic E-state index is 11.5. The van der Waals surface area contributed by atoms with E-state index in [4.69, 9.17) is 0 Å². The number of carbonyl (C=O) groups excluding carboxylic acids is 1. The first-order valence-electron chi connectivity index (χ1n) is 4.80. The number of carbonyl (C=O) groups is 1. The Labute approximate surface area is 94.1 Å². The van der Waals surface area contributed by atoms with Gasteiger partial charge in [0.1, 0.15) is 0 Å². The van der Waals surface area contributed by atoms with Crippen LogP contribution in [0.3, 0.4) is 0 Å². The van der Waals surface area contributed by atoms with Crippen LogP contribution in [0.1, 0.15) is 5.56 Å². The number of sulfonamides is 1. The number of hydrogen-bond acceptors (Lipinski definition) is 3. The lowest BCUT2D eigenvalue weighted by Crippen LogP contribution is -2.34. The van der Waals surface area contributed by atoms with E-state index in [0.717, 1.165) is 16.1 Å². The predicted octanol–water partition coefficient (Wildman–Crippen LogP) is 0.400. The summed E-state index contributed by atoms with van der Waals surface area (Å²) >= 11 is 0. The van der Waals surface area contributed by atoms with Gasteiger partial charge in [0.15, 0.2) is 0 Å². The second-order valence-electron chi connectivity index (χ2n) is 3.74. The van der Waals surface area contributed by atoms with Crippen LogP contribution < -0.4 is 5.32 Å². The molecule has 0 saturated heterocycles. The predicted molar refractivity (Wildman–Crippen MR) is 60.3 cm³/mol. The Bertz CT molecular complexity index is 525. The zero-order valence-corrected chi connectivity index (χ0v) is 9.62. The summed E-state index contributed by atoms with van der Waals surface area (Å²) < 4.78 is 24.0. The minimum absolute atomic E-state index is 0.131. The molecule has 1 amide bonds. The van der Waals surface area contributed by atoms with Crippen molar-refractivity contribution in [1.29, 1.82) is 0 Å². The van der Waals surface area contributed by atoms with Crippen molar-refractivity contribution in [2.75, 3.05) is 18.1 Å². The van der Waals surface area contributed by atoms with Gasteiger partial charge in [-0.05, 0) is 11.6 Å². The highest BCUT2D eigenvalue weighted by atomic mass is 32.2. The molecule has 5 nitrogen and oxygen atoms in total. The molecule has 1 heterocycles. The van der Waals surface area contributed by atoms with Crippen molar-refractivity contribution in [3.05, 3.63) is 29.8 Å². The minimum atomic E-state index is -3.35. The van der Waals surface area contributed by atoms with Gasteiger partial charge < -0.3 is 5.32 Å². The highest BCUT2D eigenvalue weighted by Crippen LogP contribution is 2.21. The fourth-order valence-corrected chi connectivity index (χ4v) is 2.34. The van der Waals surface area contributed by atoms with Crippen LogP contribution in [-0.2, 0) is 21.4 Å². The van der Waals surface area contributed by atoms with Crippen LogP contribution in [0.25, 0.3) is 0 Å². The summed E-state index contributed by atoms with van der Waals surface area (Å²) in [5.74, 6) is -0.310. The molecule has 1 aromatic carbocycles. The van der Waals surface area contributed by atoms with Crippen molar-refractivity contribution in [3.63, 3.8) is 0 Å². The van der Waals surface area contributed by atoms with Crippen LogP contribution >= 0.6 is 0 Å². The van der Waals surface area contributed by atoms with Gasteiger partial charge in [-0.2, -0.15) is 4.31 Å². The fourth-order valence-electron chi connectivity index (χ4n) is 1.61. The molecule has 1 aliphatic heterocycles. The average Bonchev–Trinajstić information content (AvgIpc) is 2.34. The molecule has 0 spiro atoms. The van der Waals surface area contributed by atoms with E-state index in [-0.39, 0.29) is 19.0 Å². The minimum Gasteiger partial charge on any atom is -0.325 e. The highest BCUT2D eigenvalue weighted by Gasteiger charge is 2.24. The third-order valence-electron chi connectivity index (χ3n) is 2.43. The van der Waals surface area contributed by atoms with Crippen LogP contribution in [0.2, 0.25) is 0 Å². The Balaban J connectivity index is 2.42. The Morgan fingerprint density at radius 3 is 2.62 bits per heavy atom. The van der Waals surface area contributed by atoms with E-state index in [2.05, 4.69) is 5.32 Å². The first kappa shape index (κ1) is 11.1. The van der Waals surface area contributed by atoms with Gasteiger partial charge in [0.05, 0.1) is 12.8 Å². The molecule has 0 atom stereocenters. The molecule has 16 heavy (non-hydrogen) atoms. The average molecular weight is 240 g/mol. The van der Waals surface area contributed by atoms with Gasteiger partial charge in [0.25, 0.3) is 0 Å². The molecule has 1 aromatic rings. The summed E-state index contributed by atoms with van der Waals surface area (Å²) in [6, 6.07) is 7.18. The molecule has 86 valence electrons.